The summed E-state index contributed by atoms with van der Waals surface area (Å²) in [5.41, 5.74) is 3.11. The molecule has 0 fully saturated rings. The fourth-order valence-corrected chi connectivity index (χ4v) is 3.44. The molecule has 0 bridgehead atoms. The second-order valence-corrected chi connectivity index (χ2v) is 7.47. The number of carbonyl (C=O) groups is 1. The molecule has 0 radical (unpaired) electrons. The van der Waals surface area contributed by atoms with Gasteiger partial charge in [-0.05, 0) is 31.5 Å². The molecular formula is C20H20N4O3S. The van der Waals surface area contributed by atoms with Crippen molar-refractivity contribution in [1.29, 1.82) is 0 Å². The molecule has 144 valence electrons. The molecule has 1 aliphatic heterocycles. The van der Waals surface area contributed by atoms with Crippen LogP contribution in [-0.4, -0.2) is 33.6 Å². The zero-order valence-electron chi connectivity index (χ0n) is 15.6. The Bertz CT molecular complexity index is 987. The highest BCUT2D eigenvalue weighted by Gasteiger charge is 2.17. The maximum atomic E-state index is 12.3. The van der Waals surface area contributed by atoms with Gasteiger partial charge in [0.1, 0.15) is 0 Å². The molecule has 1 atom stereocenters. The van der Waals surface area contributed by atoms with Crippen LogP contribution < -0.4 is 14.8 Å². The molecule has 4 rings (SSSR count). The Labute approximate surface area is 166 Å². The standard InChI is InChI=1S/C20H20N4O3S/c1-12-3-5-14(6-4-12)19-22-20(24-23-19)28-10-18(25)21-13(2)15-7-8-16-17(9-15)27-11-26-16/h3-9,13H,10-11H2,1-2H3,(H,21,25)(H,22,23,24)/t13-/m0/s1. The van der Waals surface area contributed by atoms with E-state index >= 15 is 0 Å². The maximum absolute atomic E-state index is 12.3. The molecule has 0 spiro atoms. The van der Waals surface area contributed by atoms with Crippen LogP contribution >= 0.6 is 11.8 Å². The van der Waals surface area contributed by atoms with Crippen LogP contribution in [0, 0.1) is 6.92 Å². The summed E-state index contributed by atoms with van der Waals surface area (Å²) >= 11 is 1.29. The summed E-state index contributed by atoms with van der Waals surface area (Å²) in [7, 11) is 0. The predicted octanol–water partition coefficient (Wildman–Crippen LogP) is 3.48. The van der Waals surface area contributed by atoms with Gasteiger partial charge in [0.15, 0.2) is 17.3 Å². The molecule has 28 heavy (non-hydrogen) atoms. The Morgan fingerprint density at radius 3 is 2.82 bits per heavy atom. The van der Waals surface area contributed by atoms with Gasteiger partial charge in [0.25, 0.3) is 0 Å². The topological polar surface area (TPSA) is 89.1 Å². The maximum Gasteiger partial charge on any atom is 0.231 e. The molecule has 1 aliphatic rings. The third-order valence-corrected chi connectivity index (χ3v) is 5.24. The Kier molecular flexibility index (Phi) is 5.21. The van der Waals surface area contributed by atoms with E-state index in [9.17, 15) is 4.79 Å². The van der Waals surface area contributed by atoms with Crippen LogP contribution in [0.4, 0.5) is 0 Å². The van der Waals surface area contributed by atoms with Crippen molar-refractivity contribution in [2.24, 2.45) is 0 Å². The fraction of sp³-hybridized carbons (Fsp3) is 0.250. The molecule has 2 heterocycles. The Morgan fingerprint density at radius 2 is 2.00 bits per heavy atom. The number of aryl methyl sites for hydroxylation is 1. The van der Waals surface area contributed by atoms with Gasteiger partial charge in [-0.2, -0.15) is 0 Å². The highest BCUT2D eigenvalue weighted by Crippen LogP contribution is 2.34. The second kappa shape index (κ2) is 7.93. The van der Waals surface area contributed by atoms with Crippen molar-refractivity contribution in [3.05, 3.63) is 53.6 Å². The van der Waals surface area contributed by atoms with E-state index < -0.39 is 0 Å². The zero-order chi connectivity index (χ0) is 19.5. The van der Waals surface area contributed by atoms with Crippen LogP contribution in [0.3, 0.4) is 0 Å². The van der Waals surface area contributed by atoms with Gasteiger partial charge in [-0.15, -0.1) is 5.10 Å². The number of nitrogens with zero attached hydrogens (tertiary/aromatic N) is 2. The van der Waals surface area contributed by atoms with Crippen molar-refractivity contribution in [3.8, 4) is 22.9 Å². The van der Waals surface area contributed by atoms with E-state index in [1.165, 1.54) is 17.3 Å². The van der Waals surface area contributed by atoms with E-state index in [1.54, 1.807) is 0 Å². The lowest BCUT2D eigenvalue weighted by Crippen LogP contribution is -2.28. The average molecular weight is 396 g/mol. The normalized spacial score (nSPS) is 13.4. The summed E-state index contributed by atoms with van der Waals surface area (Å²) in [6.07, 6.45) is 0. The average Bonchev–Trinajstić information content (AvgIpc) is 3.35. The largest absolute Gasteiger partial charge is 0.454 e. The monoisotopic (exact) mass is 396 g/mol. The molecule has 0 saturated carbocycles. The molecule has 2 aromatic carbocycles. The van der Waals surface area contributed by atoms with Crippen molar-refractivity contribution in [3.63, 3.8) is 0 Å². The Hall–Kier alpha value is -3.00. The fourth-order valence-electron chi connectivity index (χ4n) is 2.83. The highest BCUT2D eigenvalue weighted by atomic mass is 32.2. The lowest BCUT2D eigenvalue weighted by molar-refractivity contribution is -0.119. The number of nitrogens with one attached hydrogen (secondary N) is 2. The van der Waals surface area contributed by atoms with Crippen molar-refractivity contribution < 1.29 is 14.3 Å². The Morgan fingerprint density at radius 1 is 1.21 bits per heavy atom. The lowest BCUT2D eigenvalue weighted by atomic mass is 10.1. The van der Waals surface area contributed by atoms with Crippen molar-refractivity contribution in [2.45, 2.75) is 25.0 Å². The summed E-state index contributed by atoms with van der Waals surface area (Å²) < 4.78 is 10.7. The van der Waals surface area contributed by atoms with Gasteiger partial charge < -0.3 is 14.8 Å². The van der Waals surface area contributed by atoms with Gasteiger partial charge in [-0.1, -0.05) is 47.7 Å². The van der Waals surface area contributed by atoms with E-state index in [2.05, 4.69) is 20.5 Å². The van der Waals surface area contributed by atoms with Crippen LogP contribution in [0.5, 0.6) is 11.5 Å². The van der Waals surface area contributed by atoms with Gasteiger partial charge in [0, 0.05) is 5.56 Å². The molecule has 3 aromatic rings. The highest BCUT2D eigenvalue weighted by molar-refractivity contribution is 7.99. The first kappa shape index (κ1) is 18.4. The van der Waals surface area contributed by atoms with Gasteiger partial charge >= 0.3 is 0 Å². The molecule has 1 aromatic heterocycles. The van der Waals surface area contributed by atoms with E-state index in [0.717, 1.165) is 16.9 Å². The minimum absolute atomic E-state index is 0.0862. The zero-order valence-corrected chi connectivity index (χ0v) is 16.4. The molecular weight excluding hydrogens is 376 g/mol. The van der Waals surface area contributed by atoms with Gasteiger partial charge in [-0.3, -0.25) is 9.89 Å². The molecule has 1 amide bonds. The number of amides is 1. The number of carbonyl (C=O) groups excluding carboxylic acids is 1. The van der Waals surface area contributed by atoms with Gasteiger partial charge in [-0.25, -0.2) is 4.98 Å². The second-order valence-electron chi connectivity index (χ2n) is 6.52. The third kappa shape index (κ3) is 4.12. The Balaban J connectivity index is 1.31. The molecule has 8 heteroatoms. The predicted molar refractivity (Wildman–Crippen MR) is 106 cm³/mol. The SMILES string of the molecule is Cc1ccc(-c2nc(SCC(=O)N[C@@H](C)c3ccc4c(c3)OCO4)n[nH]2)cc1. The van der Waals surface area contributed by atoms with Gasteiger partial charge in [0.2, 0.25) is 17.9 Å². The summed E-state index contributed by atoms with van der Waals surface area (Å²) in [6, 6.07) is 13.6. The molecule has 7 nitrogen and oxygen atoms in total. The quantitative estimate of drug-likeness (QED) is 0.620. The number of ether oxygens (including phenoxy) is 2. The number of thioether (sulfide) groups is 1. The summed E-state index contributed by atoms with van der Waals surface area (Å²) in [5, 5.41) is 10.6. The molecule has 0 saturated heterocycles. The van der Waals surface area contributed by atoms with E-state index in [0.29, 0.717) is 16.7 Å². The smallest absolute Gasteiger partial charge is 0.231 e. The number of rotatable bonds is 6. The lowest BCUT2D eigenvalue weighted by Gasteiger charge is -2.14. The number of fused-ring (bicyclic) bond motifs is 1. The summed E-state index contributed by atoms with van der Waals surface area (Å²) in [6.45, 7) is 4.20. The molecule has 0 aliphatic carbocycles. The number of hydrogen-bond acceptors (Lipinski definition) is 6. The molecule has 2 N–H and O–H groups in total. The van der Waals surface area contributed by atoms with Crippen LogP contribution in [0.1, 0.15) is 24.1 Å². The van der Waals surface area contributed by atoms with Crippen molar-refractivity contribution in [2.75, 3.05) is 12.5 Å². The number of H-pyrrole nitrogens is 1. The van der Waals surface area contributed by atoms with E-state index in [1.807, 2.05) is 56.3 Å². The number of aromatic nitrogens is 3. The third-order valence-electron chi connectivity index (χ3n) is 4.40. The van der Waals surface area contributed by atoms with E-state index in [4.69, 9.17) is 9.47 Å². The van der Waals surface area contributed by atoms with Crippen molar-refractivity contribution in [1.82, 2.24) is 20.5 Å². The first-order chi connectivity index (χ1) is 13.6. The first-order valence-electron chi connectivity index (χ1n) is 8.89. The summed E-state index contributed by atoms with van der Waals surface area (Å²) in [5.74, 6) is 2.28. The van der Waals surface area contributed by atoms with Crippen LogP contribution in [0.2, 0.25) is 0 Å². The first-order valence-corrected chi connectivity index (χ1v) is 9.88. The van der Waals surface area contributed by atoms with Crippen molar-refractivity contribution >= 4 is 17.7 Å². The van der Waals surface area contributed by atoms with Crippen LogP contribution in [-0.2, 0) is 4.79 Å². The number of benzene rings is 2. The number of hydrogen-bond donors (Lipinski definition) is 2. The summed E-state index contributed by atoms with van der Waals surface area (Å²) in [4.78, 5) is 16.7. The number of aromatic amines is 1. The van der Waals surface area contributed by atoms with Crippen LogP contribution in [0.25, 0.3) is 11.4 Å². The van der Waals surface area contributed by atoms with Gasteiger partial charge in [0.05, 0.1) is 11.8 Å². The minimum Gasteiger partial charge on any atom is -0.454 e. The van der Waals surface area contributed by atoms with E-state index in [-0.39, 0.29) is 24.5 Å². The van der Waals surface area contributed by atoms with Crippen LogP contribution in [0.15, 0.2) is 47.6 Å². The minimum atomic E-state index is -0.141. The molecule has 0 unspecified atom stereocenters.